The molecular weight excluding hydrogens is 304 g/mol. The summed E-state index contributed by atoms with van der Waals surface area (Å²) in [5.74, 6) is -0.514. The van der Waals surface area contributed by atoms with E-state index in [4.69, 9.17) is 14.2 Å². The smallest absolute Gasteiger partial charge is 0.312 e. The van der Waals surface area contributed by atoms with Crippen LogP contribution >= 0.6 is 0 Å². The fourth-order valence-electron chi connectivity index (χ4n) is 3.43. The van der Waals surface area contributed by atoms with Gasteiger partial charge in [-0.3, -0.25) is 4.79 Å². The Morgan fingerprint density at radius 2 is 1.54 bits per heavy atom. The molecule has 124 valence electrons. The molecule has 2 fully saturated rings. The van der Waals surface area contributed by atoms with E-state index in [9.17, 15) is 4.79 Å². The van der Waals surface area contributed by atoms with Crippen molar-refractivity contribution in [3.05, 3.63) is 71.8 Å². The van der Waals surface area contributed by atoms with Gasteiger partial charge in [0, 0.05) is 0 Å². The van der Waals surface area contributed by atoms with Crippen LogP contribution in [0.4, 0.5) is 0 Å². The summed E-state index contributed by atoms with van der Waals surface area (Å²) in [7, 11) is 0. The molecule has 4 heteroatoms. The molecule has 1 saturated carbocycles. The van der Waals surface area contributed by atoms with Crippen LogP contribution in [-0.2, 0) is 32.2 Å². The van der Waals surface area contributed by atoms with E-state index in [1.807, 2.05) is 67.6 Å². The molecule has 4 rings (SSSR count). The first-order chi connectivity index (χ1) is 11.7. The third kappa shape index (κ3) is 2.52. The van der Waals surface area contributed by atoms with E-state index in [0.717, 1.165) is 11.1 Å². The molecule has 2 aliphatic rings. The molecule has 0 bridgehead atoms. The SMILES string of the molecule is C[C@@H]1C(=O)O[C@@H]2C(OCc3ccccc3)[C@]12OCc1ccccc1. The molecule has 1 aliphatic carbocycles. The zero-order valence-electron chi connectivity index (χ0n) is 13.6. The molecule has 4 atom stereocenters. The zero-order valence-corrected chi connectivity index (χ0v) is 13.6. The van der Waals surface area contributed by atoms with Crippen molar-refractivity contribution in [3.63, 3.8) is 0 Å². The maximum atomic E-state index is 11.9. The van der Waals surface area contributed by atoms with Gasteiger partial charge in [0.05, 0.1) is 19.1 Å². The Morgan fingerprint density at radius 1 is 0.958 bits per heavy atom. The van der Waals surface area contributed by atoms with Crippen LogP contribution in [0.2, 0.25) is 0 Å². The standard InChI is InChI=1S/C20H20O4/c1-14-19(21)24-18-17(22-12-15-8-4-2-5-9-15)20(14,18)23-13-16-10-6-3-7-11-16/h2-11,14,17-18H,12-13H2,1H3/t14-,17?,18-,20-/m1/s1. The van der Waals surface area contributed by atoms with Crippen molar-refractivity contribution in [1.82, 2.24) is 0 Å². The van der Waals surface area contributed by atoms with Gasteiger partial charge in [-0.1, -0.05) is 60.7 Å². The van der Waals surface area contributed by atoms with Crippen LogP contribution in [0.1, 0.15) is 18.1 Å². The van der Waals surface area contributed by atoms with Crippen molar-refractivity contribution in [3.8, 4) is 0 Å². The molecule has 0 N–H and O–H groups in total. The van der Waals surface area contributed by atoms with Crippen molar-refractivity contribution in [2.24, 2.45) is 5.92 Å². The first-order valence-electron chi connectivity index (χ1n) is 8.25. The van der Waals surface area contributed by atoms with Crippen molar-refractivity contribution in [2.45, 2.75) is 37.9 Å². The van der Waals surface area contributed by atoms with E-state index in [1.54, 1.807) is 0 Å². The Bertz CT molecular complexity index is 715. The number of esters is 1. The number of ether oxygens (including phenoxy) is 3. The van der Waals surface area contributed by atoms with Crippen LogP contribution in [-0.4, -0.2) is 23.8 Å². The van der Waals surface area contributed by atoms with Crippen LogP contribution in [0.5, 0.6) is 0 Å². The number of carbonyl (C=O) groups is 1. The average molecular weight is 324 g/mol. The second-order valence-electron chi connectivity index (χ2n) is 6.42. The number of carbonyl (C=O) groups excluding carboxylic acids is 1. The Morgan fingerprint density at radius 3 is 2.17 bits per heavy atom. The molecular formula is C20H20O4. The summed E-state index contributed by atoms with van der Waals surface area (Å²) in [5.41, 5.74) is 1.52. The second kappa shape index (κ2) is 6.04. The van der Waals surface area contributed by atoms with Gasteiger partial charge < -0.3 is 14.2 Å². The lowest BCUT2D eigenvalue weighted by molar-refractivity contribution is -0.150. The molecule has 4 nitrogen and oxygen atoms in total. The highest BCUT2D eigenvalue weighted by Crippen LogP contribution is 2.56. The topological polar surface area (TPSA) is 44.8 Å². The van der Waals surface area contributed by atoms with E-state index in [-0.39, 0.29) is 24.1 Å². The largest absolute Gasteiger partial charge is 0.456 e. The lowest BCUT2D eigenvalue weighted by Crippen LogP contribution is -2.32. The average Bonchev–Trinajstić information content (AvgIpc) is 3.16. The molecule has 24 heavy (non-hydrogen) atoms. The van der Waals surface area contributed by atoms with Gasteiger partial charge in [0.1, 0.15) is 6.10 Å². The highest BCUT2D eigenvalue weighted by Gasteiger charge is 2.79. The van der Waals surface area contributed by atoms with E-state index < -0.39 is 5.60 Å². The molecule has 1 unspecified atom stereocenters. The maximum Gasteiger partial charge on any atom is 0.312 e. The summed E-state index contributed by atoms with van der Waals surface area (Å²) < 4.78 is 17.6. The molecule has 1 aliphatic heterocycles. The van der Waals surface area contributed by atoms with Gasteiger partial charge >= 0.3 is 5.97 Å². The molecule has 2 aromatic carbocycles. The summed E-state index contributed by atoms with van der Waals surface area (Å²) in [6.45, 7) is 2.80. The lowest BCUT2D eigenvalue weighted by atomic mass is 10.0. The molecule has 0 aromatic heterocycles. The van der Waals surface area contributed by atoms with Crippen LogP contribution in [0.3, 0.4) is 0 Å². The number of hydrogen-bond donors (Lipinski definition) is 0. The van der Waals surface area contributed by atoms with Gasteiger partial charge in [-0.05, 0) is 18.1 Å². The summed E-state index contributed by atoms with van der Waals surface area (Å²) in [6, 6.07) is 19.9. The molecule has 0 radical (unpaired) electrons. The molecule has 0 amide bonds. The van der Waals surface area contributed by atoms with E-state index >= 15 is 0 Å². The van der Waals surface area contributed by atoms with Gasteiger partial charge in [-0.2, -0.15) is 0 Å². The Hall–Kier alpha value is -2.17. The van der Waals surface area contributed by atoms with E-state index in [0.29, 0.717) is 13.2 Å². The van der Waals surface area contributed by atoms with Gasteiger partial charge in [-0.25, -0.2) is 0 Å². The quantitative estimate of drug-likeness (QED) is 0.766. The monoisotopic (exact) mass is 324 g/mol. The van der Waals surface area contributed by atoms with E-state index in [2.05, 4.69) is 0 Å². The van der Waals surface area contributed by atoms with Gasteiger partial charge in [0.2, 0.25) is 0 Å². The van der Waals surface area contributed by atoms with Crippen LogP contribution < -0.4 is 0 Å². The minimum Gasteiger partial charge on any atom is -0.456 e. The fraction of sp³-hybridized carbons (Fsp3) is 0.350. The van der Waals surface area contributed by atoms with Gasteiger partial charge in [0.15, 0.2) is 11.7 Å². The molecule has 0 spiro atoms. The first kappa shape index (κ1) is 15.4. The highest BCUT2D eigenvalue weighted by atomic mass is 16.7. The third-order valence-corrected chi connectivity index (χ3v) is 4.93. The Balaban J connectivity index is 1.44. The molecule has 2 aromatic rings. The van der Waals surface area contributed by atoms with Crippen molar-refractivity contribution >= 4 is 5.97 Å². The second-order valence-corrected chi connectivity index (χ2v) is 6.42. The summed E-state index contributed by atoms with van der Waals surface area (Å²) >= 11 is 0. The summed E-state index contributed by atoms with van der Waals surface area (Å²) in [5, 5.41) is 0. The minimum absolute atomic E-state index is 0.200. The molecule has 1 heterocycles. The Kier molecular flexibility index (Phi) is 3.87. The normalized spacial score (nSPS) is 30.7. The summed E-state index contributed by atoms with van der Waals surface area (Å²) in [6.07, 6.45) is -0.499. The minimum atomic E-state index is -0.651. The number of hydrogen-bond acceptors (Lipinski definition) is 4. The summed E-state index contributed by atoms with van der Waals surface area (Å²) in [4.78, 5) is 11.9. The lowest BCUT2D eigenvalue weighted by Gasteiger charge is -2.19. The first-order valence-corrected chi connectivity index (χ1v) is 8.25. The number of fused-ring (bicyclic) bond motifs is 1. The number of benzene rings is 2. The number of rotatable bonds is 6. The van der Waals surface area contributed by atoms with Gasteiger partial charge in [-0.15, -0.1) is 0 Å². The third-order valence-electron chi connectivity index (χ3n) is 4.93. The highest BCUT2D eigenvalue weighted by molar-refractivity contribution is 5.79. The van der Waals surface area contributed by atoms with Crippen molar-refractivity contribution in [1.29, 1.82) is 0 Å². The van der Waals surface area contributed by atoms with Crippen molar-refractivity contribution < 1.29 is 19.0 Å². The van der Waals surface area contributed by atoms with Gasteiger partial charge in [0.25, 0.3) is 0 Å². The van der Waals surface area contributed by atoms with Crippen LogP contribution in [0.15, 0.2) is 60.7 Å². The Labute approximate surface area is 141 Å². The fourth-order valence-corrected chi connectivity index (χ4v) is 3.43. The predicted octanol–water partition coefficient (Wildman–Crippen LogP) is 3.10. The van der Waals surface area contributed by atoms with Crippen LogP contribution in [0, 0.1) is 5.92 Å². The van der Waals surface area contributed by atoms with E-state index in [1.165, 1.54) is 0 Å². The predicted molar refractivity (Wildman–Crippen MR) is 88.0 cm³/mol. The zero-order chi connectivity index (χ0) is 16.6. The van der Waals surface area contributed by atoms with Crippen LogP contribution in [0.25, 0.3) is 0 Å². The molecule has 1 saturated heterocycles. The maximum absolute atomic E-state index is 11.9. The van der Waals surface area contributed by atoms with Crippen molar-refractivity contribution in [2.75, 3.05) is 0 Å².